The predicted octanol–water partition coefficient (Wildman–Crippen LogP) is 3.11. The lowest BCUT2D eigenvalue weighted by molar-refractivity contribution is -0.0182. The van der Waals surface area contributed by atoms with Crippen LogP contribution < -0.4 is 4.74 Å². The fraction of sp³-hybridized carbons (Fsp3) is 0.650. The van der Waals surface area contributed by atoms with E-state index in [1.54, 1.807) is 7.11 Å². The third kappa shape index (κ3) is 1.84. The van der Waals surface area contributed by atoms with E-state index in [9.17, 15) is 5.11 Å². The van der Waals surface area contributed by atoms with Crippen LogP contribution in [0.2, 0.25) is 0 Å². The van der Waals surface area contributed by atoms with Gasteiger partial charge in [0.05, 0.1) is 18.5 Å². The highest BCUT2D eigenvalue weighted by Gasteiger charge is 2.56. The van der Waals surface area contributed by atoms with Crippen molar-refractivity contribution in [2.45, 2.75) is 44.2 Å². The molecular weight excluding hydrogens is 300 g/mol. The molecular formula is C20H26N2O2. The standard InChI is InChI=1S/C20H26N2O2/c1-3-13-8-12-9-15-18(13)22(11-12)7-6-20(23)16-10-14(24-2)4-5-17(16)21-19(15)20/h4-5,10,12-13,15,18,23H,3,6-9,11H2,1-2H3/t12?,13?,15?,18?,20-/m0/s1. The van der Waals surface area contributed by atoms with Crippen LogP contribution in [-0.4, -0.2) is 42.0 Å². The van der Waals surface area contributed by atoms with E-state index in [1.165, 1.54) is 25.8 Å². The van der Waals surface area contributed by atoms with Gasteiger partial charge in [0.25, 0.3) is 0 Å². The SMILES string of the molecule is CCC1CC2CC3C4=Nc5ccc(OC)cc5[C@@]4(O)CCN(C2)C13. The van der Waals surface area contributed by atoms with Crippen LogP contribution in [-0.2, 0) is 5.60 Å². The number of methoxy groups -OCH3 is 1. The minimum Gasteiger partial charge on any atom is -0.497 e. The summed E-state index contributed by atoms with van der Waals surface area (Å²) in [4.78, 5) is 7.64. The second-order valence-corrected chi connectivity index (χ2v) is 8.09. The van der Waals surface area contributed by atoms with E-state index in [0.717, 1.165) is 47.5 Å². The molecule has 1 saturated carbocycles. The van der Waals surface area contributed by atoms with Crippen LogP contribution in [0.25, 0.3) is 0 Å². The molecule has 4 aliphatic heterocycles. The van der Waals surface area contributed by atoms with Crippen molar-refractivity contribution < 1.29 is 9.84 Å². The minimum absolute atomic E-state index is 0.411. The summed E-state index contributed by atoms with van der Waals surface area (Å²) in [5.41, 5.74) is 2.04. The first-order chi connectivity index (χ1) is 11.6. The summed E-state index contributed by atoms with van der Waals surface area (Å²) in [7, 11) is 1.68. The molecule has 1 N–H and O–H groups in total. The van der Waals surface area contributed by atoms with Gasteiger partial charge >= 0.3 is 0 Å². The van der Waals surface area contributed by atoms with Gasteiger partial charge in [-0.1, -0.05) is 13.3 Å². The first-order valence-electron chi connectivity index (χ1n) is 9.38. The Bertz CT molecular complexity index is 716. The third-order valence-corrected chi connectivity index (χ3v) is 6.98. The van der Waals surface area contributed by atoms with Gasteiger partial charge in [-0.3, -0.25) is 9.89 Å². The van der Waals surface area contributed by atoms with Crippen molar-refractivity contribution in [2.75, 3.05) is 20.2 Å². The average molecular weight is 326 g/mol. The lowest BCUT2D eigenvalue weighted by Crippen LogP contribution is -2.58. The van der Waals surface area contributed by atoms with Gasteiger partial charge in [-0.05, 0) is 49.3 Å². The molecule has 0 aromatic heterocycles. The molecule has 3 saturated heterocycles. The van der Waals surface area contributed by atoms with Gasteiger partial charge in [0.2, 0.25) is 0 Å². The molecule has 5 aliphatic rings. The summed E-state index contributed by atoms with van der Waals surface area (Å²) in [6.45, 7) is 4.51. The number of aliphatic imine (C=N–C) groups is 1. The smallest absolute Gasteiger partial charge is 0.131 e. The Balaban J connectivity index is 1.62. The second-order valence-electron chi connectivity index (χ2n) is 8.09. The van der Waals surface area contributed by atoms with Crippen molar-refractivity contribution in [1.29, 1.82) is 0 Å². The third-order valence-electron chi connectivity index (χ3n) is 6.98. The van der Waals surface area contributed by atoms with Gasteiger partial charge in [0.15, 0.2) is 0 Å². The number of piperidine rings is 2. The van der Waals surface area contributed by atoms with Gasteiger partial charge in [0.1, 0.15) is 11.4 Å². The molecule has 0 radical (unpaired) electrons. The quantitative estimate of drug-likeness (QED) is 0.908. The minimum atomic E-state index is -0.897. The Labute approximate surface area is 143 Å². The van der Waals surface area contributed by atoms with Crippen LogP contribution in [0.3, 0.4) is 0 Å². The molecule has 5 unspecified atom stereocenters. The highest BCUT2D eigenvalue weighted by atomic mass is 16.5. The summed E-state index contributed by atoms with van der Waals surface area (Å²) in [6.07, 6.45) is 4.55. The molecule has 4 nitrogen and oxygen atoms in total. The van der Waals surface area contributed by atoms with Gasteiger partial charge < -0.3 is 9.84 Å². The van der Waals surface area contributed by atoms with E-state index in [0.29, 0.717) is 12.0 Å². The zero-order valence-electron chi connectivity index (χ0n) is 14.5. The van der Waals surface area contributed by atoms with Crippen LogP contribution in [0.15, 0.2) is 23.2 Å². The topological polar surface area (TPSA) is 45.1 Å². The van der Waals surface area contributed by atoms with Gasteiger partial charge in [-0.15, -0.1) is 0 Å². The number of nitrogens with zero attached hydrogens (tertiary/aromatic N) is 2. The van der Waals surface area contributed by atoms with E-state index in [4.69, 9.17) is 9.73 Å². The summed E-state index contributed by atoms with van der Waals surface area (Å²) >= 11 is 0. The van der Waals surface area contributed by atoms with Crippen LogP contribution in [0.1, 0.15) is 38.2 Å². The molecule has 4 heterocycles. The molecule has 1 aliphatic carbocycles. The van der Waals surface area contributed by atoms with Crippen molar-refractivity contribution >= 4 is 11.4 Å². The number of aliphatic hydroxyl groups is 1. The Hall–Kier alpha value is -1.39. The Kier molecular flexibility index (Phi) is 3.14. The summed E-state index contributed by atoms with van der Waals surface area (Å²) in [5.74, 6) is 2.74. The summed E-state index contributed by atoms with van der Waals surface area (Å²) in [5, 5.41) is 11.7. The molecule has 1 aromatic carbocycles. The maximum Gasteiger partial charge on any atom is 0.131 e. The lowest BCUT2D eigenvalue weighted by Gasteiger charge is -2.53. The molecule has 4 heteroatoms. The predicted molar refractivity (Wildman–Crippen MR) is 94.0 cm³/mol. The first-order valence-corrected chi connectivity index (χ1v) is 9.38. The van der Waals surface area contributed by atoms with Gasteiger partial charge in [0, 0.05) is 30.6 Å². The Morgan fingerprint density at radius 1 is 1.38 bits per heavy atom. The zero-order chi connectivity index (χ0) is 16.5. The maximum absolute atomic E-state index is 11.7. The summed E-state index contributed by atoms with van der Waals surface area (Å²) < 4.78 is 5.39. The Morgan fingerprint density at radius 3 is 3.04 bits per heavy atom. The second kappa shape index (κ2) is 5.06. The number of rotatable bonds is 2. The molecule has 0 amide bonds. The number of hydrogen-bond acceptors (Lipinski definition) is 4. The van der Waals surface area contributed by atoms with Crippen molar-refractivity contribution in [2.24, 2.45) is 22.7 Å². The highest BCUT2D eigenvalue weighted by Crippen LogP contribution is 2.53. The maximum atomic E-state index is 11.7. The molecule has 128 valence electrons. The van der Waals surface area contributed by atoms with E-state index >= 15 is 0 Å². The molecule has 0 spiro atoms. The molecule has 1 aromatic rings. The molecule has 6 rings (SSSR count). The van der Waals surface area contributed by atoms with Gasteiger partial charge in [-0.25, -0.2) is 0 Å². The molecule has 4 bridgehead atoms. The van der Waals surface area contributed by atoms with Crippen molar-refractivity contribution in [1.82, 2.24) is 4.90 Å². The van der Waals surface area contributed by atoms with Crippen LogP contribution in [0.4, 0.5) is 5.69 Å². The number of fused-ring (bicyclic) bond motifs is 4. The number of ether oxygens (including phenoxy) is 1. The number of hydrogen-bond donors (Lipinski definition) is 1. The van der Waals surface area contributed by atoms with Crippen LogP contribution in [0, 0.1) is 17.8 Å². The average Bonchev–Trinajstić information content (AvgIpc) is 2.88. The van der Waals surface area contributed by atoms with Crippen molar-refractivity contribution in [3.05, 3.63) is 23.8 Å². The van der Waals surface area contributed by atoms with E-state index in [2.05, 4.69) is 11.8 Å². The van der Waals surface area contributed by atoms with Crippen LogP contribution in [0.5, 0.6) is 5.75 Å². The van der Waals surface area contributed by atoms with Crippen molar-refractivity contribution in [3.63, 3.8) is 0 Å². The van der Waals surface area contributed by atoms with E-state index in [1.807, 2.05) is 18.2 Å². The molecule has 6 atom stereocenters. The first kappa shape index (κ1) is 14.9. The van der Waals surface area contributed by atoms with E-state index < -0.39 is 5.60 Å². The normalized spacial score (nSPS) is 42.1. The molecule has 24 heavy (non-hydrogen) atoms. The highest BCUT2D eigenvalue weighted by molar-refractivity contribution is 6.02. The Morgan fingerprint density at radius 2 is 2.25 bits per heavy atom. The summed E-state index contributed by atoms with van der Waals surface area (Å²) in [6, 6.07) is 6.52. The van der Waals surface area contributed by atoms with Crippen molar-refractivity contribution in [3.8, 4) is 5.75 Å². The van der Waals surface area contributed by atoms with Gasteiger partial charge in [-0.2, -0.15) is 0 Å². The largest absolute Gasteiger partial charge is 0.497 e. The van der Waals surface area contributed by atoms with Crippen LogP contribution >= 0.6 is 0 Å². The molecule has 4 fully saturated rings. The lowest BCUT2D eigenvalue weighted by atomic mass is 9.63. The van der Waals surface area contributed by atoms with E-state index in [-0.39, 0.29) is 0 Å². The fourth-order valence-corrected chi connectivity index (χ4v) is 5.96. The number of benzene rings is 1. The fourth-order valence-electron chi connectivity index (χ4n) is 5.96. The monoisotopic (exact) mass is 326 g/mol. The zero-order valence-corrected chi connectivity index (χ0v) is 14.5.